The van der Waals surface area contributed by atoms with Gasteiger partial charge >= 0.3 is 0 Å². The van der Waals surface area contributed by atoms with Crippen molar-refractivity contribution in [1.29, 1.82) is 0 Å². The molecule has 0 aromatic rings. The van der Waals surface area contributed by atoms with Gasteiger partial charge in [0.15, 0.2) is 0 Å². The molecule has 0 aromatic carbocycles. The van der Waals surface area contributed by atoms with Crippen LogP contribution in [-0.2, 0) is 0 Å². The van der Waals surface area contributed by atoms with Crippen molar-refractivity contribution in [3.63, 3.8) is 0 Å². The lowest BCUT2D eigenvalue weighted by Crippen LogP contribution is -2.43. The molecule has 4 aliphatic rings. The van der Waals surface area contributed by atoms with E-state index in [1.807, 2.05) is 19.4 Å². The molecule has 4 aliphatic carbocycles. The first kappa shape index (κ1) is 54.8. The zero-order valence-corrected chi connectivity index (χ0v) is 43.9. The number of allylic oxidation sites excluding steroid dienone is 4. The molecule has 61 heavy (non-hydrogen) atoms. The standard InChI is InChI=1S/C59H108.C2H6/c1-9-11-24-32-49(5)33-25-22-20-18-16-14-12-13-15-17-19-21-23-26-35-51(30-10-2)36-27-28-37-52-42-44-58(7)47-53-43-45-59(8)56(50(6)34-29-31-48(3)4)40-41-57(59)55(53)39-38-54(58)46-52;1-2/h20,22,38,48-53,55-57H,9-19,21,23-37,39-47H2,1-8H3;1-2H3/b22-20-;. The van der Waals surface area contributed by atoms with Crippen LogP contribution in [0.2, 0.25) is 0 Å². The second-order valence-electron chi connectivity index (χ2n) is 23.6. The monoisotopic (exact) mass is 847 g/mol. The van der Waals surface area contributed by atoms with E-state index in [-0.39, 0.29) is 0 Å². The van der Waals surface area contributed by atoms with Crippen molar-refractivity contribution >= 4 is 0 Å². The highest BCUT2D eigenvalue weighted by atomic mass is 14.6. The van der Waals surface area contributed by atoms with Crippen LogP contribution in [0.5, 0.6) is 0 Å². The lowest BCUT2D eigenvalue weighted by molar-refractivity contribution is -0.0135. The number of hydrogen-bond acceptors (Lipinski definition) is 0. The summed E-state index contributed by atoms with van der Waals surface area (Å²) in [5.41, 5.74) is 3.06. The van der Waals surface area contributed by atoms with Crippen LogP contribution in [0.25, 0.3) is 0 Å². The summed E-state index contributed by atoms with van der Waals surface area (Å²) in [5.74, 6) is 8.63. The maximum absolute atomic E-state index is 2.89. The third kappa shape index (κ3) is 19.5. The number of rotatable bonds is 32. The smallest absolute Gasteiger partial charge is 0.0113 e. The molecule has 0 heteroatoms. The van der Waals surface area contributed by atoms with Gasteiger partial charge in [0.1, 0.15) is 0 Å². The maximum Gasteiger partial charge on any atom is -0.0113 e. The summed E-state index contributed by atoms with van der Waals surface area (Å²) < 4.78 is 0. The fraction of sp³-hybridized carbons (Fsp3) is 0.934. The van der Waals surface area contributed by atoms with Crippen molar-refractivity contribution in [1.82, 2.24) is 0 Å². The normalized spacial score (nSPS) is 29.0. The van der Waals surface area contributed by atoms with E-state index < -0.39 is 0 Å². The van der Waals surface area contributed by atoms with Gasteiger partial charge in [-0.1, -0.05) is 241 Å². The van der Waals surface area contributed by atoms with Gasteiger partial charge in [-0.2, -0.15) is 0 Å². The Morgan fingerprint density at radius 2 is 1.26 bits per heavy atom. The Hall–Kier alpha value is -0.520. The third-order valence-electron chi connectivity index (χ3n) is 18.2. The van der Waals surface area contributed by atoms with Gasteiger partial charge in [0.25, 0.3) is 0 Å². The van der Waals surface area contributed by atoms with Crippen LogP contribution < -0.4 is 0 Å². The van der Waals surface area contributed by atoms with Crippen LogP contribution in [0, 0.1) is 64.1 Å². The van der Waals surface area contributed by atoms with Crippen LogP contribution >= 0.6 is 0 Å². The topological polar surface area (TPSA) is 0 Å². The lowest BCUT2D eigenvalue weighted by Gasteiger charge is -2.51. The molecule has 10 unspecified atom stereocenters. The average Bonchev–Trinajstić information content (AvgIpc) is 3.52. The molecule has 0 heterocycles. The summed E-state index contributed by atoms with van der Waals surface area (Å²) in [7, 11) is 0. The van der Waals surface area contributed by atoms with Crippen molar-refractivity contribution in [2.75, 3.05) is 0 Å². The Kier molecular flexibility index (Phi) is 28.2. The summed E-state index contributed by atoms with van der Waals surface area (Å²) in [6, 6.07) is 0. The summed E-state index contributed by atoms with van der Waals surface area (Å²) in [6.07, 6.45) is 60.3. The van der Waals surface area contributed by atoms with Crippen LogP contribution in [0.3, 0.4) is 0 Å². The van der Waals surface area contributed by atoms with E-state index in [0.717, 1.165) is 53.3 Å². The van der Waals surface area contributed by atoms with Gasteiger partial charge in [-0.15, -0.1) is 0 Å². The minimum Gasteiger partial charge on any atom is -0.0885 e. The Labute approximate surface area is 386 Å². The van der Waals surface area contributed by atoms with E-state index in [4.69, 9.17) is 0 Å². The molecule has 4 rings (SSSR count). The predicted molar refractivity (Wildman–Crippen MR) is 276 cm³/mol. The van der Waals surface area contributed by atoms with E-state index >= 15 is 0 Å². The van der Waals surface area contributed by atoms with Crippen molar-refractivity contribution in [2.45, 2.75) is 300 Å². The zero-order chi connectivity index (χ0) is 44.4. The Balaban J connectivity index is 0.00000489. The molecule has 0 saturated heterocycles. The largest absolute Gasteiger partial charge is 0.0885 e. The predicted octanol–water partition coefficient (Wildman–Crippen LogP) is 21.3. The fourth-order valence-electron chi connectivity index (χ4n) is 14.3. The van der Waals surface area contributed by atoms with Crippen LogP contribution in [0.15, 0.2) is 23.8 Å². The van der Waals surface area contributed by atoms with Gasteiger partial charge in [0.05, 0.1) is 0 Å². The fourth-order valence-corrected chi connectivity index (χ4v) is 14.3. The molecule has 0 radical (unpaired) electrons. The van der Waals surface area contributed by atoms with E-state index in [9.17, 15) is 0 Å². The van der Waals surface area contributed by atoms with Gasteiger partial charge in [-0.25, -0.2) is 0 Å². The summed E-state index contributed by atoms with van der Waals surface area (Å²) in [5, 5.41) is 0. The molecule has 358 valence electrons. The molecule has 0 spiro atoms. The van der Waals surface area contributed by atoms with Gasteiger partial charge in [-0.3, -0.25) is 0 Å². The Bertz CT molecular complexity index is 1120. The highest BCUT2D eigenvalue weighted by molar-refractivity contribution is 5.21. The molecule has 10 atom stereocenters. The molecule has 0 bridgehead atoms. The molecule has 3 saturated carbocycles. The van der Waals surface area contributed by atoms with E-state index in [1.54, 1.807) is 0 Å². The molecule has 0 amide bonds. The first-order valence-electron chi connectivity index (χ1n) is 28.9. The summed E-state index contributed by atoms with van der Waals surface area (Å²) >= 11 is 0. The highest BCUT2D eigenvalue weighted by Gasteiger charge is 2.56. The van der Waals surface area contributed by atoms with Crippen molar-refractivity contribution in [3.05, 3.63) is 23.8 Å². The Morgan fingerprint density at radius 3 is 1.95 bits per heavy atom. The quantitative estimate of drug-likeness (QED) is 0.0467. The molecular formula is C61H114. The number of fused-ring (bicyclic) bond motifs is 4. The van der Waals surface area contributed by atoms with Crippen LogP contribution in [0.1, 0.15) is 300 Å². The second kappa shape index (κ2) is 31.4. The molecular weight excluding hydrogens is 733 g/mol. The van der Waals surface area contributed by atoms with Gasteiger partial charge in [0.2, 0.25) is 0 Å². The SMILES string of the molecule is CC.CCCCCC(C)CC/C=C\CCCCCCCCCCCCC(CCC)CCCCC1CCC2(C)CC3CCC4(C)C(C(C)CCCC(C)C)CCC4C3CC=C2C1. The van der Waals surface area contributed by atoms with Gasteiger partial charge in [-0.05, 0) is 148 Å². The summed E-state index contributed by atoms with van der Waals surface area (Å²) in [6.45, 7) is 24.1. The lowest BCUT2D eigenvalue weighted by atomic mass is 9.54. The van der Waals surface area contributed by atoms with Crippen molar-refractivity contribution < 1.29 is 0 Å². The van der Waals surface area contributed by atoms with E-state index in [2.05, 4.69) is 73.6 Å². The minimum absolute atomic E-state index is 0.515. The van der Waals surface area contributed by atoms with E-state index in [1.165, 1.54) is 231 Å². The average molecular weight is 848 g/mol. The second-order valence-corrected chi connectivity index (χ2v) is 23.6. The molecule has 0 aromatic heterocycles. The first-order chi connectivity index (χ1) is 29.6. The van der Waals surface area contributed by atoms with Crippen molar-refractivity contribution in [2.24, 2.45) is 64.1 Å². The summed E-state index contributed by atoms with van der Waals surface area (Å²) in [4.78, 5) is 0. The third-order valence-corrected chi connectivity index (χ3v) is 18.2. The first-order valence-corrected chi connectivity index (χ1v) is 28.9. The van der Waals surface area contributed by atoms with Crippen molar-refractivity contribution in [3.8, 4) is 0 Å². The van der Waals surface area contributed by atoms with E-state index in [0.29, 0.717) is 10.8 Å². The highest BCUT2D eigenvalue weighted by Crippen LogP contribution is 2.65. The van der Waals surface area contributed by atoms with Gasteiger partial charge < -0.3 is 0 Å². The molecule has 0 nitrogen and oxygen atoms in total. The van der Waals surface area contributed by atoms with Crippen LogP contribution in [0.4, 0.5) is 0 Å². The zero-order valence-electron chi connectivity index (χ0n) is 43.9. The molecule has 3 fully saturated rings. The maximum atomic E-state index is 2.89. The number of hydrogen-bond donors (Lipinski definition) is 0. The molecule has 0 N–H and O–H groups in total. The number of unbranched alkanes of at least 4 members (excludes halogenated alkanes) is 13. The minimum atomic E-state index is 0.515. The van der Waals surface area contributed by atoms with Gasteiger partial charge in [0, 0.05) is 0 Å². The van der Waals surface area contributed by atoms with Crippen LogP contribution in [-0.4, -0.2) is 0 Å². The Morgan fingerprint density at radius 1 is 0.607 bits per heavy atom. The molecule has 0 aliphatic heterocycles.